The highest BCUT2D eigenvalue weighted by Crippen LogP contribution is 2.24. The molecule has 0 saturated carbocycles. The van der Waals surface area contributed by atoms with E-state index in [9.17, 15) is 18.0 Å². The van der Waals surface area contributed by atoms with Crippen LogP contribution in [-0.4, -0.2) is 61.3 Å². The molecule has 0 spiro atoms. The van der Waals surface area contributed by atoms with Gasteiger partial charge in [-0.1, -0.05) is 30.3 Å². The summed E-state index contributed by atoms with van der Waals surface area (Å²) in [5.41, 5.74) is 0.831. The van der Waals surface area contributed by atoms with Crippen molar-refractivity contribution < 1.29 is 18.0 Å². The van der Waals surface area contributed by atoms with Crippen molar-refractivity contribution in [3.05, 3.63) is 35.9 Å². The van der Waals surface area contributed by atoms with Gasteiger partial charge in [-0.25, -0.2) is 4.79 Å². The Morgan fingerprint density at radius 2 is 1.88 bits per heavy atom. The topological polar surface area (TPSA) is 35.6 Å². The number of carbonyl (C=O) groups excluding carboxylic acids is 1. The fourth-order valence-corrected chi connectivity index (χ4v) is 2.76. The molecule has 4 nitrogen and oxygen atoms in total. The summed E-state index contributed by atoms with van der Waals surface area (Å²) in [6, 6.07) is 6.55. The number of amides is 2. The average molecular weight is 343 g/mol. The fourth-order valence-electron chi connectivity index (χ4n) is 2.76. The van der Waals surface area contributed by atoms with Crippen molar-refractivity contribution in [1.82, 2.24) is 15.1 Å². The largest absolute Gasteiger partial charge is 0.408 e. The van der Waals surface area contributed by atoms with E-state index in [1.54, 1.807) is 24.3 Å². The lowest BCUT2D eigenvalue weighted by Gasteiger charge is -2.27. The Morgan fingerprint density at radius 3 is 2.54 bits per heavy atom. The number of carbonyl (C=O) groups is 1. The van der Waals surface area contributed by atoms with Crippen LogP contribution in [0.25, 0.3) is 0 Å². The second-order valence-corrected chi connectivity index (χ2v) is 6.21. The number of aryl methyl sites for hydroxylation is 1. The van der Waals surface area contributed by atoms with Gasteiger partial charge in [0, 0.05) is 19.6 Å². The number of hydrogen-bond donors (Lipinski definition) is 1. The predicted molar refractivity (Wildman–Crippen MR) is 86.8 cm³/mol. The summed E-state index contributed by atoms with van der Waals surface area (Å²) < 4.78 is 39.8. The molecular weight excluding hydrogens is 319 g/mol. The quantitative estimate of drug-likeness (QED) is 0.912. The maximum absolute atomic E-state index is 13.3. The summed E-state index contributed by atoms with van der Waals surface area (Å²) in [5, 5.41) is 2.18. The minimum Gasteiger partial charge on any atom is -0.326 e. The molecule has 1 heterocycles. The summed E-state index contributed by atoms with van der Waals surface area (Å²) in [7, 11) is 1.94. The van der Waals surface area contributed by atoms with E-state index >= 15 is 0 Å². The molecule has 2 amide bonds. The maximum Gasteiger partial charge on any atom is 0.408 e. The smallest absolute Gasteiger partial charge is 0.326 e. The van der Waals surface area contributed by atoms with Gasteiger partial charge >= 0.3 is 12.2 Å². The SMILES string of the molecule is CN1CCCN(C(=O)NC(CCc2ccccc2)C(F)(F)F)CC1. The summed E-state index contributed by atoms with van der Waals surface area (Å²) in [4.78, 5) is 15.8. The molecule has 2 rings (SSSR count). The van der Waals surface area contributed by atoms with Crippen LogP contribution in [0, 0.1) is 0 Å². The lowest BCUT2D eigenvalue weighted by molar-refractivity contribution is -0.154. The molecule has 0 bridgehead atoms. The van der Waals surface area contributed by atoms with Gasteiger partial charge in [-0.2, -0.15) is 13.2 Å². The Hall–Kier alpha value is -1.76. The van der Waals surface area contributed by atoms with Gasteiger partial charge in [-0.3, -0.25) is 0 Å². The molecule has 0 aliphatic carbocycles. The van der Waals surface area contributed by atoms with Crippen molar-refractivity contribution in [3.8, 4) is 0 Å². The molecule has 1 aromatic carbocycles. The number of rotatable bonds is 4. The minimum atomic E-state index is -4.45. The monoisotopic (exact) mass is 343 g/mol. The molecule has 1 saturated heterocycles. The van der Waals surface area contributed by atoms with Crippen molar-refractivity contribution in [3.63, 3.8) is 0 Å². The van der Waals surface area contributed by atoms with Crippen molar-refractivity contribution >= 4 is 6.03 Å². The molecule has 1 N–H and O–H groups in total. The third-order valence-electron chi connectivity index (χ3n) is 4.26. The zero-order valence-electron chi connectivity index (χ0n) is 13.9. The standard InChI is InChI=1S/C17H24F3N3O/c1-22-10-5-11-23(13-12-22)16(24)21-15(17(18,19)20)9-8-14-6-3-2-4-7-14/h2-4,6-7,15H,5,8-13H2,1H3,(H,21,24). The lowest BCUT2D eigenvalue weighted by atomic mass is 10.1. The third kappa shape index (κ3) is 5.70. The molecule has 0 aromatic heterocycles. The molecule has 134 valence electrons. The van der Waals surface area contributed by atoms with Crippen LogP contribution >= 0.6 is 0 Å². The highest BCUT2D eigenvalue weighted by molar-refractivity contribution is 5.74. The van der Waals surface area contributed by atoms with E-state index in [4.69, 9.17) is 0 Å². The molecule has 24 heavy (non-hydrogen) atoms. The van der Waals surface area contributed by atoms with Gasteiger partial charge in [0.15, 0.2) is 0 Å². The van der Waals surface area contributed by atoms with Gasteiger partial charge in [-0.05, 0) is 38.4 Å². The van der Waals surface area contributed by atoms with Gasteiger partial charge in [0.2, 0.25) is 0 Å². The van der Waals surface area contributed by atoms with E-state index in [-0.39, 0.29) is 12.8 Å². The van der Waals surface area contributed by atoms with E-state index in [1.807, 2.05) is 13.1 Å². The summed E-state index contributed by atoms with van der Waals surface area (Å²) in [5.74, 6) is 0. The molecule has 0 radical (unpaired) electrons. The van der Waals surface area contributed by atoms with E-state index in [0.29, 0.717) is 19.6 Å². The van der Waals surface area contributed by atoms with Gasteiger partial charge in [0.05, 0.1) is 0 Å². The van der Waals surface area contributed by atoms with Crippen molar-refractivity contribution in [2.75, 3.05) is 33.2 Å². The predicted octanol–water partition coefficient (Wildman–Crippen LogP) is 2.90. The Kier molecular flexibility index (Phi) is 6.48. The van der Waals surface area contributed by atoms with Crippen LogP contribution in [0.5, 0.6) is 0 Å². The molecule has 1 unspecified atom stereocenters. The number of nitrogens with one attached hydrogen (secondary N) is 1. The number of urea groups is 1. The van der Waals surface area contributed by atoms with Gasteiger partial charge in [0.25, 0.3) is 0 Å². The number of hydrogen-bond acceptors (Lipinski definition) is 2. The van der Waals surface area contributed by atoms with Crippen LogP contribution < -0.4 is 5.32 Å². The van der Waals surface area contributed by atoms with E-state index < -0.39 is 18.2 Å². The Balaban J connectivity index is 1.94. The fraction of sp³-hybridized carbons (Fsp3) is 0.588. The van der Waals surface area contributed by atoms with Crippen LogP contribution in [0.2, 0.25) is 0 Å². The Bertz CT molecular complexity index is 522. The molecule has 7 heteroatoms. The van der Waals surface area contributed by atoms with Crippen LogP contribution in [0.4, 0.5) is 18.0 Å². The third-order valence-corrected chi connectivity index (χ3v) is 4.26. The number of benzene rings is 1. The zero-order chi connectivity index (χ0) is 17.6. The van der Waals surface area contributed by atoms with Crippen LogP contribution in [-0.2, 0) is 6.42 Å². The molecule has 1 fully saturated rings. The average Bonchev–Trinajstić information content (AvgIpc) is 2.76. The second kappa shape index (κ2) is 8.37. The highest BCUT2D eigenvalue weighted by Gasteiger charge is 2.40. The molecule has 1 aliphatic rings. The lowest BCUT2D eigenvalue weighted by Crippen LogP contribution is -2.51. The first-order valence-electron chi connectivity index (χ1n) is 8.21. The minimum absolute atomic E-state index is 0.160. The van der Waals surface area contributed by atoms with Crippen LogP contribution in [0.15, 0.2) is 30.3 Å². The van der Waals surface area contributed by atoms with Crippen LogP contribution in [0.3, 0.4) is 0 Å². The Morgan fingerprint density at radius 1 is 1.17 bits per heavy atom. The van der Waals surface area contributed by atoms with Gasteiger partial charge in [0.1, 0.15) is 6.04 Å². The molecule has 1 aromatic rings. The summed E-state index contributed by atoms with van der Waals surface area (Å²) in [6.07, 6.45) is -3.57. The Labute approximate surface area is 140 Å². The van der Waals surface area contributed by atoms with E-state index in [2.05, 4.69) is 10.2 Å². The van der Waals surface area contributed by atoms with Gasteiger partial charge < -0.3 is 15.1 Å². The van der Waals surface area contributed by atoms with Crippen molar-refractivity contribution in [2.45, 2.75) is 31.5 Å². The highest BCUT2D eigenvalue weighted by atomic mass is 19.4. The maximum atomic E-state index is 13.3. The van der Waals surface area contributed by atoms with Crippen LogP contribution in [0.1, 0.15) is 18.4 Å². The number of nitrogens with zero attached hydrogens (tertiary/aromatic N) is 2. The molecule has 1 aliphatic heterocycles. The van der Waals surface area contributed by atoms with E-state index in [1.165, 1.54) is 4.90 Å². The number of alkyl halides is 3. The first kappa shape index (κ1) is 18.6. The normalized spacial score (nSPS) is 18.1. The summed E-state index contributed by atoms with van der Waals surface area (Å²) in [6.45, 7) is 2.46. The summed E-state index contributed by atoms with van der Waals surface area (Å²) >= 11 is 0. The number of likely N-dealkylation sites (N-methyl/N-ethyl adjacent to an activating group) is 1. The zero-order valence-corrected chi connectivity index (χ0v) is 13.9. The first-order chi connectivity index (χ1) is 11.4. The van der Waals surface area contributed by atoms with Crippen molar-refractivity contribution in [1.29, 1.82) is 0 Å². The first-order valence-corrected chi connectivity index (χ1v) is 8.21. The number of halogens is 3. The van der Waals surface area contributed by atoms with Crippen molar-refractivity contribution in [2.24, 2.45) is 0 Å². The second-order valence-electron chi connectivity index (χ2n) is 6.21. The van der Waals surface area contributed by atoms with E-state index in [0.717, 1.165) is 18.5 Å². The molecule has 1 atom stereocenters. The molecular formula is C17H24F3N3O. The van der Waals surface area contributed by atoms with Gasteiger partial charge in [-0.15, -0.1) is 0 Å².